The number of rotatable bonds is 6. The molecule has 8 heteroatoms. The smallest absolute Gasteiger partial charge is 0.255 e. The van der Waals surface area contributed by atoms with E-state index in [2.05, 4.69) is 46.4 Å². The Morgan fingerprint density at radius 2 is 1.76 bits per heavy atom. The van der Waals surface area contributed by atoms with Gasteiger partial charge in [-0.15, -0.1) is 0 Å². The number of Topliss-reactive ketones (excluding diaryl/α,β-unsaturated/α-hetero) is 2. The van der Waals surface area contributed by atoms with Crippen LogP contribution in [0.5, 0.6) is 0 Å². The van der Waals surface area contributed by atoms with Crippen LogP contribution in [0.25, 0.3) is 0 Å². The van der Waals surface area contributed by atoms with E-state index in [-0.39, 0.29) is 42.4 Å². The fourth-order valence-electron chi connectivity index (χ4n) is 5.46. The highest BCUT2D eigenvalue weighted by atomic mass is 16.2. The standard InChI is InChI=1S/C29H34N4O4/c1-19(21-5-3-20(4-6-21)17-32-13-11-31(2)12-14-32)30-28(36)22-7-9-25-23(15-22)18-33(29(25)37)26-10-8-24(34)16-27(26)35/h3-7,9,15,19,26H,8,10-14,16-18H2,1-2H3,(H,30,36)/t19-,26?/m0/s1. The van der Waals surface area contributed by atoms with Gasteiger partial charge in [0, 0.05) is 56.8 Å². The molecule has 0 radical (unpaired) electrons. The summed E-state index contributed by atoms with van der Waals surface area (Å²) < 4.78 is 0. The lowest BCUT2D eigenvalue weighted by Crippen LogP contribution is -2.44. The average molecular weight is 503 g/mol. The fourth-order valence-corrected chi connectivity index (χ4v) is 5.46. The van der Waals surface area contributed by atoms with Crippen molar-refractivity contribution in [2.75, 3.05) is 33.2 Å². The molecular weight excluding hydrogens is 468 g/mol. The number of piperazine rings is 1. The maximum absolute atomic E-state index is 13.0. The van der Waals surface area contributed by atoms with Crippen molar-refractivity contribution in [3.63, 3.8) is 0 Å². The predicted molar refractivity (Wildman–Crippen MR) is 139 cm³/mol. The predicted octanol–water partition coefficient (Wildman–Crippen LogP) is 2.57. The van der Waals surface area contributed by atoms with Crippen LogP contribution in [-0.4, -0.2) is 77.3 Å². The minimum atomic E-state index is -0.561. The first-order valence-electron chi connectivity index (χ1n) is 13.1. The van der Waals surface area contributed by atoms with E-state index >= 15 is 0 Å². The molecule has 8 nitrogen and oxygen atoms in total. The van der Waals surface area contributed by atoms with Gasteiger partial charge in [-0.3, -0.25) is 24.1 Å². The number of nitrogens with one attached hydrogen (secondary N) is 1. The summed E-state index contributed by atoms with van der Waals surface area (Å²) in [6.07, 6.45) is 0.586. The maximum Gasteiger partial charge on any atom is 0.255 e. The van der Waals surface area contributed by atoms with Crippen molar-refractivity contribution in [1.82, 2.24) is 20.0 Å². The number of likely N-dealkylation sites (N-methyl/N-ethyl adjacent to an activating group) is 1. The maximum atomic E-state index is 13.0. The van der Waals surface area contributed by atoms with E-state index in [9.17, 15) is 19.2 Å². The van der Waals surface area contributed by atoms with Gasteiger partial charge in [0.2, 0.25) is 0 Å². The lowest BCUT2D eigenvalue weighted by molar-refractivity contribution is -0.133. The average Bonchev–Trinajstić information content (AvgIpc) is 3.21. The van der Waals surface area contributed by atoms with Gasteiger partial charge in [-0.05, 0) is 55.3 Å². The monoisotopic (exact) mass is 502 g/mol. The zero-order valence-electron chi connectivity index (χ0n) is 21.5. The van der Waals surface area contributed by atoms with Crippen LogP contribution in [0.3, 0.4) is 0 Å². The third-order valence-corrected chi connectivity index (χ3v) is 7.84. The number of nitrogens with zero attached hydrogens (tertiary/aromatic N) is 3. The molecule has 2 fully saturated rings. The highest BCUT2D eigenvalue weighted by Gasteiger charge is 2.39. The molecule has 0 aromatic heterocycles. The van der Waals surface area contributed by atoms with Crippen LogP contribution >= 0.6 is 0 Å². The molecule has 5 rings (SSSR count). The van der Waals surface area contributed by atoms with Gasteiger partial charge < -0.3 is 15.1 Å². The number of hydrogen-bond donors (Lipinski definition) is 1. The molecular formula is C29H34N4O4. The van der Waals surface area contributed by atoms with Gasteiger partial charge in [-0.2, -0.15) is 0 Å². The Labute approximate surface area is 217 Å². The van der Waals surface area contributed by atoms with Gasteiger partial charge in [0.1, 0.15) is 5.78 Å². The van der Waals surface area contributed by atoms with Crippen LogP contribution in [0.1, 0.15) is 69.6 Å². The van der Waals surface area contributed by atoms with E-state index in [1.165, 1.54) is 5.56 Å². The topological polar surface area (TPSA) is 90.0 Å². The largest absolute Gasteiger partial charge is 0.346 e. The Balaban J connectivity index is 1.19. The molecule has 0 bridgehead atoms. The fraction of sp³-hybridized carbons (Fsp3) is 0.448. The van der Waals surface area contributed by atoms with Crippen LogP contribution < -0.4 is 5.32 Å². The summed E-state index contributed by atoms with van der Waals surface area (Å²) in [5, 5.41) is 3.06. The minimum absolute atomic E-state index is 0.0665. The van der Waals surface area contributed by atoms with Gasteiger partial charge in [-0.1, -0.05) is 24.3 Å². The zero-order chi connectivity index (χ0) is 26.1. The van der Waals surface area contributed by atoms with Gasteiger partial charge in [0.15, 0.2) is 5.78 Å². The third-order valence-electron chi connectivity index (χ3n) is 7.84. The van der Waals surface area contributed by atoms with E-state index in [0.29, 0.717) is 24.0 Å². The molecule has 1 aliphatic carbocycles. The van der Waals surface area contributed by atoms with Gasteiger partial charge in [0.25, 0.3) is 11.8 Å². The summed E-state index contributed by atoms with van der Waals surface area (Å²) in [6, 6.07) is 12.7. The minimum Gasteiger partial charge on any atom is -0.346 e. The van der Waals surface area contributed by atoms with Crippen molar-refractivity contribution in [1.29, 1.82) is 0 Å². The van der Waals surface area contributed by atoms with E-state index in [0.717, 1.165) is 43.9 Å². The molecule has 1 saturated heterocycles. The molecule has 2 heterocycles. The molecule has 37 heavy (non-hydrogen) atoms. The molecule has 2 aliphatic heterocycles. The number of hydrogen-bond acceptors (Lipinski definition) is 6. The second-order valence-electron chi connectivity index (χ2n) is 10.6. The lowest BCUT2D eigenvalue weighted by Gasteiger charge is -2.32. The van der Waals surface area contributed by atoms with Crippen LogP contribution in [0.15, 0.2) is 42.5 Å². The molecule has 0 spiro atoms. The lowest BCUT2D eigenvalue weighted by atomic mass is 9.92. The first-order chi connectivity index (χ1) is 17.8. The molecule has 2 amide bonds. The Bertz CT molecular complexity index is 1220. The number of benzene rings is 2. The Hall–Kier alpha value is -3.36. The van der Waals surface area contributed by atoms with E-state index in [4.69, 9.17) is 0 Å². The van der Waals surface area contributed by atoms with E-state index in [1.54, 1.807) is 23.1 Å². The molecule has 3 aliphatic rings. The van der Waals surface area contributed by atoms with Crippen molar-refractivity contribution in [3.05, 3.63) is 70.3 Å². The van der Waals surface area contributed by atoms with Crippen LogP contribution in [0, 0.1) is 0 Å². The number of carbonyl (C=O) groups is 4. The second kappa shape index (κ2) is 10.6. The zero-order valence-corrected chi connectivity index (χ0v) is 21.5. The number of ketones is 2. The van der Waals surface area contributed by atoms with E-state index < -0.39 is 6.04 Å². The quantitative estimate of drug-likeness (QED) is 0.611. The van der Waals surface area contributed by atoms with Gasteiger partial charge >= 0.3 is 0 Å². The summed E-state index contributed by atoms with van der Waals surface area (Å²) in [6.45, 7) is 7.51. The van der Waals surface area contributed by atoms with Crippen molar-refractivity contribution in [3.8, 4) is 0 Å². The van der Waals surface area contributed by atoms with Crippen LogP contribution in [-0.2, 0) is 22.7 Å². The first kappa shape index (κ1) is 25.3. The Morgan fingerprint density at radius 1 is 1.03 bits per heavy atom. The van der Waals surface area contributed by atoms with Gasteiger partial charge in [0.05, 0.1) is 18.5 Å². The highest BCUT2D eigenvalue weighted by Crippen LogP contribution is 2.29. The normalized spacial score (nSPS) is 21.7. The van der Waals surface area contributed by atoms with E-state index in [1.807, 2.05) is 6.92 Å². The molecule has 1 N–H and O–H groups in total. The summed E-state index contributed by atoms with van der Waals surface area (Å²) in [5.74, 6) is -0.677. The van der Waals surface area contributed by atoms with Crippen LogP contribution in [0.2, 0.25) is 0 Å². The third kappa shape index (κ3) is 5.50. The molecule has 1 saturated carbocycles. The first-order valence-corrected chi connectivity index (χ1v) is 13.1. The van der Waals surface area contributed by atoms with Crippen molar-refractivity contribution < 1.29 is 19.2 Å². The highest BCUT2D eigenvalue weighted by molar-refractivity contribution is 6.08. The number of carbonyl (C=O) groups excluding carboxylic acids is 4. The number of fused-ring (bicyclic) bond motifs is 1. The summed E-state index contributed by atoms with van der Waals surface area (Å²) in [4.78, 5) is 56.2. The molecule has 1 unspecified atom stereocenters. The summed E-state index contributed by atoms with van der Waals surface area (Å²) >= 11 is 0. The molecule has 2 atom stereocenters. The van der Waals surface area contributed by atoms with Crippen molar-refractivity contribution in [2.24, 2.45) is 0 Å². The summed E-state index contributed by atoms with van der Waals surface area (Å²) in [7, 11) is 2.16. The number of amides is 2. The molecule has 2 aromatic carbocycles. The second-order valence-corrected chi connectivity index (χ2v) is 10.6. The summed E-state index contributed by atoms with van der Waals surface area (Å²) in [5.41, 5.74) is 4.04. The van der Waals surface area contributed by atoms with Crippen molar-refractivity contribution in [2.45, 2.75) is 51.4 Å². The Morgan fingerprint density at radius 3 is 2.46 bits per heavy atom. The van der Waals surface area contributed by atoms with Gasteiger partial charge in [-0.25, -0.2) is 0 Å². The molecule has 2 aromatic rings. The SMILES string of the molecule is C[C@H](NC(=O)c1ccc2c(c1)CN(C1CCC(=O)CC1=O)C2=O)c1ccc(CN2CCN(C)CC2)cc1. The molecule has 194 valence electrons. The Kier molecular flexibility index (Phi) is 7.22. The van der Waals surface area contributed by atoms with Crippen molar-refractivity contribution >= 4 is 23.4 Å². The van der Waals surface area contributed by atoms with Crippen LogP contribution in [0.4, 0.5) is 0 Å².